The summed E-state index contributed by atoms with van der Waals surface area (Å²) in [6.07, 6.45) is 11.2. The zero-order valence-corrected chi connectivity index (χ0v) is 14.2. The molecule has 0 saturated heterocycles. The third-order valence-corrected chi connectivity index (χ3v) is 5.19. The van der Waals surface area contributed by atoms with E-state index in [4.69, 9.17) is 12.2 Å². The number of benzene rings is 1. The molecule has 0 heterocycles. The molecule has 1 saturated carbocycles. The van der Waals surface area contributed by atoms with Crippen molar-refractivity contribution in [2.45, 2.75) is 64.2 Å². The second kappa shape index (κ2) is 8.19. The minimum Gasteiger partial charge on any atom is -0.131 e. The van der Waals surface area contributed by atoms with Crippen molar-refractivity contribution in [3.05, 3.63) is 35.4 Å². The third kappa shape index (κ3) is 4.60. The molecule has 1 aliphatic rings. The Bertz CT molecular complexity index is 414. The Morgan fingerprint density at radius 2 is 1.75 bits per heavy atom. The molecule has 1 aromatic rings. The molecule has 0 spiro atoms. The van der Waals surface area contributed by atoms with Crippen LogP contribution in [0.3, 0.4) is 0 Å². The summed E-state index contributed by atoms with van der Waals surface area (Å²) in [5.41, 5.74) is 2.56. The molecular weight excluding hydrogens is 280 g/mol. The Balaban J connectivity index is 1.82. The fourth-order valence-electron chi connectivity index (χ4n) is 3.37. The minimum atomic E-state index is 0.691. The van der Waals surface area contributed by atoms with Crippen LogP contribution in [0.25, 0.3) is 0 Å². The molecule has 110 valence electrons. The van der Waals surface area contributed by atoms with Gasteiger partial charge in [0.2, 0.25) is 0 Å². The van der Waals surface area contributed by atoms with E-state index in [-0.39, 0.29) is 0 Å². The summed E-state index contributed by atoms with van der Waals surface area (Å²) in [6, 6.07) is 8.75. The van der Waals surface area contributed by atoms with Gasteiger partial charge in [0.1, 0.15) is 0 Å². The van der Waals surface area contributed by atoms with Gasteiger partial charge in [-0.15, -0.1) is 12.6 Å². The zero-order chi connectivity index (χ0) is 14.4. The van der Waals surface area contributed by atoms with Crippen molar-refractivity contribution in [2.24, 2.45) is 5.92 Å². The van der Waals surface area contributed by atoms with Crippen LogP contribution < -0.4 is 0 Å². The maximum atomic E-state index is 5.09. The fourth-order valence-corrected chi connectivity index (χ4v) is 3.65. The van der Waals surface area contributed by atoms with Crippen LogP contribution in [0, 0.1) is 5.92 Å². The predicted octanol–water partition coefficient (Wildman–Crippen LogP) is 6.15. The molecule has 0 atom stereocenters. The van der Waals surface area contributed by atoms with Crippen molar-refractivity contribution in [3.8, 4) is 0 Å². The first-order valence-corrected chi connectivity index (χ1v) is 8.89. The van der Waals surface area contributed by atoms with Gasteiger partial charge in [0, 0.05) is 0 Å². The molecule has 0 aliphatic heterocycles. The Hall–Kier alpha value is -0.340. The van der Waals surface area contributed by atoms with Crippen LogP contribution in [0.2, 0.25) is 0 Å². The minimum absolute atomic E-state index is 0.691. The summed E-state index contributed by atoms with van der Waals surface area (Å²) in [5.74, 6) is 1.75. The van der Waals surface area contributed by atoms with Gasteiger partial charge in [-0.3, -0.25) is 0 Å². The number of thiol groups is 1. The standard InChI is InChI=1S/C18H26S2/c1-2-3-4-5-14-6-8-15(9-7-14)16-10-12-17(13-11-16)18(19)20/h10-15H,2-9H2,1H3,(H,19,20)/t14-,15-. The Morgan fingerprint density at radius 1 is 1.10 bits per heavy atom. The lowest BCUT2D eigenvalue weighted by Gasteiger charge is -2.29. The van der Waals surface area contributed by atoms with E-state index in [9.17, 15) is 0 Å². The number of unbranched alkanes of at least 4 members (excludes halogenated alkanes) is 2. The monoisotopic (exact) mass is 306 g/mol. The van der Waals surface area contributed by atoms with Crippen LogP contribution in [0.5, 0.6) is 0 Å². The van der Waals surface area contributed by atoms with Crippen molar-refractivity contribution < 1.29 is 0 Å². The van der Waals surface area contributed by atoms with Gasteiger partial charge in [-0.25, -0.2) is 0 Å². The highest BCUT2D eigenvalue weighted by Gasteiger charge is 2.21. The second-order valence-electron chi connectivity index (χ2n) is 6.14. The lowest BCUT2D eigenvalue weighted by molar-refractivity contribution is 0.303. The van der Waals surface area contributed by atoms with Crippen LogP contribution in [0.15, 0.2) is 24.3 Å². The summed E-state index contributed by atoms with van der Waals surface area (Å²) >= 11 is 9.32. The van der Waals surface area contributed by atoms with Crippen molar-refractivity contribution in [3.63, 3.8) is 0 Å². The molecule has 0 aromatic heterocycles. The number of hydrogen-bond donors (Lipinski definition) is 1. The van der Waals surface area contributed by atoms with Crippen LogP contribution >= 0.6 is 24.8 Å². The maximum Gasteiger partial charge on any atom is 0.0747 e. The van der Waals surface area contributed by atoms with E-state index in [0.717, 1.165) is 17.4 Å². The van der Waals surface area contributed by atoms with Gasteiger partial charge in [-0.2, -0.15) is 0 Å². The van der Waals surface area contributed by atoms with Crippen molar-refractivity contribution in [2.75, 3.05) is 0 Å². The van der Waals surface area contributed by atoms with Crippen LogP contribution in [-0.2, 0) is 0 Å². The van der Waals surface area contributed by atoms with Gasteiger partial charge in [0.25, 0.3) is 0 Å². The fraction of sp³-hybridized carbons (Fsp3) is 0.611. The van der Waals surface area contributed by atoms with Crippen LogP contribution in [-0.4, -0.2) is 4.20 Å². The summed E-state index contributed by atoms with van der Waals surface area (Å²) in [7, 11) is 0. The van der Waals surface area contributed by atoms with Gasteiger partial charge in [0.05, 0.1) is 4.20 Å². The molecule has 0 bridgehead atoms. The summed E-state index contributed by atoms with van der Waals surface area (Å²) in [6.45, 7) is 2.29. The molecule has 1 aromatic carbocycles. The third-order valence-electron chi connectivity index (χ3n) is 4.69. The van der Waals surface area contributed by atoms with Gasteiger partial charge in [-0.05, 0) is 48.6 Å². The quantitative estimate of drug-likeness (QED) is 0.374. The molecule has 0 unspecified atom stereocenters. The first kappa shape index (κ1) is 16.0. The maximum absolute atomic E-state index is 5.09. The predicted molar refractivity (Wildman–Crippen MR) is 96.0 cm³/mol. The average Bonchev–Trinajstić information content (AvgIpc) is 2.48. The van der Waals surface area contributed by atoms with Crippen molar-refractivity contribution in [1.82, 2.24) is 0 Å². The highest BCUT2D eigenvalue weighted by Crippen LogP contribution is 2.37. The smallest absolute Gasteiger partial charge is 0.0747 e. The van der Waals surface area contributed by atoms with Gasteiger partial charge in [0.15, 0.2) is 0 Å². The van der Waals surface area contributed by atoms with E-state index in [2.05, 4.69) is 43.8 Å². The number of hydrogen-bond acceptors (Lipinski definition) is 1. The zero-order valence-electron chi connectivity index (χ0n) is 12.5. The van der Waals surface area contributed by atoms with E-state index in [1.165, 1.54) is 56.9 Å². The molecule has 2 heteroatoms. The molecular formula is C18H26S2. The van der Waals surface area contributed by atoms with Crippen LogP contribution in [0.1, 0.15) is 75.3 Å². The average molecular weight is 307 g/mol. The lowest BCUT2D eigenvalue weighted by Crippen LogP contribution is -2.13. The Labute approximate surface area is 134 Å². The topological polar surface area (TPSA) is 0 Å². The number of rotatable bonds is 6. The second-order valence-corrected chi connectivity index (χ2v) is 7.30. The summed E-state index contributed by atoms with van der Waals surface area (Å²) < 4.78 is 0.691. The summed E-state index contributed by atoms with van der Waals surface area (Å²) in [5, 5.41) is 0. The normalized spacial score (nSPS) is 22.7. The first-order valence-electron chi connectivity index (χ1n) is 8.04. The van der Waals surface area contributed by atoms with E-state index in [1.54, 1.807) is 0 Å². The van der Waals surface area contributed by atoms with E-state index < -0.39 is 0 Å². The summed E-state index contributed by atoms with van der Waals surface area (Å²) in [4.78, 5) is 0. The van der Waals surface area contributed by atoms with E-state index in [0.29, 0.717) is 4.20 Å². The van der Waals surface area contributed by atoms with Gasteiger partial charge < -0.3 is 0 Å². The van der Waals surface area contributed by atoms with E-state index >= 15 is 0 Å². The van der Waals surface area contributed by atoms with E-state index in [1.807, 2.05) is 0 Å². The van der Waals surface area contributed by atoms with Crippen molar-refractivity contribution >= 4 is 29.0 Å². The van der Waals surface area contributed by atoms with Gasteiger partial charge >= 0.3 is 0 Å². The SMILES string of the molecule is CCCCC[C@H]1CC[C@H](c2ccc(C(=S)S)cc2)CC1. The Morgan fingerprint density at radius 3 is 2.30 bits per heavy atom. The molecule has 1 aliphatic carbocycles. The molecule has 0 nitrogen and oxygen atoms in total. The molecule has 1 fully saturated rings. The lowest BCUT2D eigenvalue weighted by atomic mass is 9.77. The van der Waals surface area contributed by atoms with Crippen LogP contribution in [0.4, 0.5) is 0 Å². The largest absolute Gasteiger partial charge is 0.131 e. The highest BCUT2D eigenvalue weighted by molar-refractivity contribution is 8.11. The molecule has 2 rings (SSSR count). The molecule has 0 amide bonds. The number of thiocarbonyl (C=S) groups is 1. The highest BCUT2D eigenvalue weighted by atomic mass is 32.1. The Kier molecular flexibility index (Phi) is 6.57. The van der Waals surface area contributed by atoms with Gasteiger partial charge in [-0.1, -0.05) is 69.1 Å². The molecule has 0 N–H and O–H groups in total. The first-order chi connectivity index (χ1) is 9.70. The molecule has 0 radical (unpaired) electrons. The molecule has 20 heavy (non-hydrogen) atoms. The van der Waals surface area contributed by atoms with Crippen molar-refractivity contribution in [1.29, 1.82) is 0 Å².